The van der Waals surface area contributed by atoms with Crippen molar-refractivity contribution in [3.05, 3.63) is 58.0 Å². The molecule has 0 bridgehead atoms. The zero-order chi connectivity index (χ0) is 15.6. The highest BCUT2D eigenvalue weighted by molar-refractivity contribution is 14.1. The van der Waals surface area contributed by atoms with Crippen LogP contribution in [0.2, 0.25) is 0 Å². The van der Waals surface area contributed by atoms with Crippen molar-refractivity contribution in [2.75, 3.05) is 0 Å². The van der Waals surface area contributed by atoms with Crippen molar-refractivity contribution in [1.29, 1.82) is 5.41 Å². The predicted octanol–water partition coefficient (Wildman–Crippen LogP) is 4.50. The molecular formula is C14H10FI3N2O. The fraction of sp³-hybridized carbons (Fsp3) is 0.0714. The summed E-state index contributed by atoms with van der Waals surface area (Å²) < 4.78 is 22.3. The van der Waals surface area contributed by atoms with Gasteiger partial charge in [-0.05, 0) is 92.0 Å². The maximum absolute atomic E-state index is 13.2. The number of nitrogen functional groups attached to an aromatic ring is 1. The lowest BCUT2D eigenvalue weighted by atomic mass is 10.1. The number of halogens is 4. The maximum atomic E-state index is 13.2. The number of hydrogen-bond acceptors (Lipinski definition) is 2. The second-order valence-corrected chi connectivity index (χ2v) is 7.77. The Balaban J connectivity index is 2.27. The van der Waals surface area contributed by atoms with E-state index >= 15 is 0 Å². The average molecular weight is 622 g/mol. The summed E-state index contributed by atoms with van der Waals surface area (Å²) in [5, 5.41) is 7.52. The Hall–Kier alpha value is -0.170. The molecule has 0 radical (unpaired) electrons. The first-order chi connectivity index (χ1) is 9.88. The molecule has 0 unspecified atom stereocenters. The van der Waals surface area contributed by atoms with Gasteiger partial charge in [-0.25, -0.2) is 4.39 Å². The van der Waals surface area contributed by atoms with Gasteiger partial charge in [0.15, 0.2) is 0 Å². The Labute approximate surface area is 162 Å². The molecule has 110 valence electrons. The monoisotopic (exact) mass is 622 g/mol. The van der Waals surface area contributed by atoms with Crippen molar-refractivity contribution in [3.63, 3.8) is 0 Å². The Bertz CT molecular complexity index is 684. The van der Waals surface area contributed by atoms with Gasteiger partial charge >= 0.3 is 0 Å². The number of nitrogens with two attached hydrogens (primary N) is 1. The number of hydrogen-bond donors (Lipinski definition) is 2. The van der Waals surface area contributed by atoms with Gasteiger partial charge in [-0.2, -0.15) is 0 Å². The van der Waals surface area contributed by atoms with Crippen LogP contribution in [0.15, 0.2) is 30.3 Å². The first-order valence-electron chi connectivity index (χ1n) is 5.78. The highest BCUT2D eigenvalue weighted by atomic mass is 127. The smallest absolute Gasteiger partial charge is 0.146 e. The fourth-order valence-corrected chi connectivity index (χ4v) is 5.64. The molecule has 0 fully saturated rings. The molecule has 0 amide bonds. The van der Waals surface area contributed by atoms with Crippen LogP contribution in [0.3, 0.4) is 0 Å². The van der Waals surface area contributed by atoms with Crippen LogP contribution in [0, 0.1) is 21.9 Å². The Morgan fingerprint density at radius 1 is 1.14 bits per heavy atom. The van der Waals surface area contributed by atoms with E-state index in [-0.39, 0.29) is 12.4 Å². The third-order valence-corrected chi connectivity index (χ3v) is 4.92. The van der Waals surface area contributed by atoms with Gasteiger partial charge in [-0.3, -0.25) is 5.41 Å². The normalized spacial score (nSPS) is 10.5. The Morgan fingerprint density at radius 3 is 2.33 bits per heavy atom. The topological polar surface area (TPSA) is 59.1 Å². The highest BCUT2D eigenvalue weighted by Crippen LogP contribution is 2.30. The molecule has 0 spiro atoms. The third kappa shape index (κ3) is 4.41. The van der Waals surface area contributed by atoms with Gasteiger partial charge in [-0.1, -0.05) is 6.07 Å². The molecule has 3 nitrogen and oxygen atoms in total. The van der Waals surface area contributed by atoms with E-state index < -0.39 is 5.82 Å². The summed E-state index contributed by atoms with van der Waals surface area (Å²) in [5.74, 6) is 0.206. The van der Waals surface area contributed by atoms with Gasteiger partial charge in [0.1, 0.15) is 24.0 Å². The van der Waals surface area contributed by atoms with Crippen molar-refractivity contribution in [3.8, 4) is 5.75 Å². The number of rotatable bonds is 4. The van der Waals surface area contributed by atoms with E-state index in [4.69, 9.17) is 15.9 Å². The van der Waals surface area contributed by atoms with Crippen LogP contribution in [0.5, 0.6) is 5.75 Å². The molecule has 7 heteroatoms. The van der Waals surface area contributed by atoms with E-state index in [9.17, 15) is 4.39 Å². The SMILES string of the molecule is N=C(N)c1cc(F)ccc1COc1c(I)cc(I)cc1I. The van der Waals surface area contributed by atoms with Crippen LogP contribution < -0.4 is 10.5 Å². The van der Waals surface area contributed by atoms with E-state index in [0.29, 0.717) is 11.1 Å². The minimum absolute atomic E-state index is 0.167. The lowest BCUT2D eigenvalue weighted by Gasteiger charge is -2.13. The summed E-state index contributed by atoms with van der Waals surface area (Å²) in [4.78, 5) is 0. The van der Waals surface area contributed by atoms with E-state index in [1.807, 2.05) is 12.1 Å². The van der Waals surface area contributed by atoms with Crippen LogP contribution in [-0.2, 0) is 6.61 Å². The molecule has 0 heterocycles. The van der Waals surface area contributed by atoms with Crippen molar-refractivity contribution in [2.24, 2.45) is 5.73 Å². The number of ether oxygens (including phenoxy) is 1. The number of benzene rings is 2. The van der Waals surface area contributed by atoms with Gasteiger partial charge in [0.25, 0.3) is 0 Å². The van der Waals surface area contributed by atoms with Crippen LogP contribution >= 0.6 is 67.8 Å². The average Bonchev–Trinajstić information content (AvgIpc) is 2.38. The quantitative estimate of drug-likeness (QED) is 0.300. The third-order valence-electron chi connectivity index (χ3n) is 2.70. The van der Waals surface area contributed by atoms with E-state index in [1.165, 1.54) is 12.1 Å². The van der Waals surface area contributed by atoms with Crippen molar-refractivity contribution in [1.82, 2.24) is 0 Å². The molecule has 0 aliphatic carbocycles. The molecule has 2 aromatic carbocycles. The summed E-state index contributed by atoms with van der Waals surface area (Å²) in [6, 6.07) is 8.24. The standard InChI is InChI=1S/C14H10FI3N2O/c15-8-2-1-7(10(3-8)14(19)20)6-21-13-11(17)4-9(16)5-12(13)18/h1-5H,6H2,(H3,19,20). The molecule has 0 saturated carbocycles. The number of amidine groups is 1. The highest BCUT2D eigenvalue weighted by Gasteiger charge is 2.11. The van der Waals surface area contributed by atoms with Crippen LogP contribution in [0.4, 0.5) is 4.39 Å². The first kappa shape index (κ1) is 17.2. The van der Waals surface area contributed by atoms with E-state index in [2.05, 4.69) is 67.8 Å². The minimum atomic E-state index is -0.414. The largest absolute Gasteiger partial charge is 0.487 e. The molecule has 2 rings (SSSR count). The Kier molecular flexibility index (Phi) is 6.05. The zero-order valence-corrected chi connectivity index (χ0v) is 17.1. The molecule has 0 aliphatic heterocycles. The molecule has 0 aromatic heterocycles. The number of nitrogens with one attached hydrogen (secondary N) is 1. The molecule has 21 heavy (non-hydrogen) atoms. The second kappa shape index (κ2) is 7.40. The molecule has 0 aliphatic rings. The summed E-state index contributed by atoms with van der Waals surface area (Å²) in [7, 11) is 0. The molecular weight excluding hydrogens is 612 g/mol. The minimum Gasteiger partial charge on any atom is -0.487 e. The van der Waals surface area contributed by atoms with Crippen LogP contribution in [-0.4, -0.2) is 5.84 Å². The van der Waals surface area contributed by atoms with Gasteiger partial charge < -0.3 is 10.5 Å². The van der Waals surface area contributed by atoms with Crippen molar-refractivity contribution >= 4 is 73.6 Å². The van der Waals surface area contributed by atoms with Crippen LogP contribution in [0.25, 0.3) is 0 Å². The van der Waals surface area contributed by atoms with Gasteiger partial charge in [0.2, 0.25) is 0 Å². The summed E-state index contributed by atoms with van der Waals surface area (Å²) >= 11 is 6.69. The van der Waals surface area contributed by atoms with Gasteiger partial charge in [-0.15, -0.1) is 0 Å². The zero-order valence-electron chi connectivity index (χ0n) is 10.6. The lowest BCUT2D eigenvalue weighted by Crippen LogP contribution is -2.15. The summed E-state index contributed by atoms with van der Waals surface area (Å²) in [5.41, 5.74) is 6.54. The molecule has 2 aromatic rings. The lowest BCUT2D eigenvalue weighted by molar-refractivity contribution is 0.301. The molecule has 0 atom stereocenters. The fourth-order valence-electron chi connectivity index (χ4n) is 1.74. The van der Waals surface area contributed by atoms with Gasteiger partial charge in [0, 0.05) is 14.7 Å². The Morgan fingerprint density at radius 2 is 1.76 bits per heavy atom. The summed E-state index contributed by atoms with van der Waals surface area (Å²) in [6.07, 6.45) is 0. The first-order valence-corrected chi connectivity index (χ1v) is 9.02. The second-order valence-electron chi connectivity index (χ2n) is 4.20. The van der Waals surface area contributed by atoms with Crippen molar-refractivity contribution < 1.29 is 9.13 Å². The molecule has 0 saturated heterocycles. The van der Waals surface area contributed by atoms with Gasteiger partial charge in [0.05, 0.1) is 7.14 Å². The summed E-state index contributed by atoms with van der Waals surface area (Å²) in [6.45, 7) is 0.238. The maximum Gasteiger partial charge on any atom is 0.146 e. The molecule has 3 N–H and O–H groups in total. The van der Waals surface area contributed by atoms with E-state index in [1.54, 1.807) is 6.07 Å². The van der Waals surface area contributed by atoms with Crippen LogP contribution in [0.1, 0.15) is 11.1 Å². The van der Waals surface area contributed by atoms with E-state index in [0.717, 1.165) is 16.5 Å². The predicted molar refractivity (Wildman–Crippen MR) is 106 cm³/mol. The van der Waals surface area contributed by atoms with Crippen molar-refractivity contribution in [2.45, 2.75) is 6.61 Å².